The SMILES string of the molecule is CC(C)N(C)S(=O)(=O)c1ccc(Cl)c(C(=O)NC2CCC(OC(=O)c3cc(S(=O)(=O)N(C)C(C)C)ccc3Cl)CC2)c1. The Labute approximate surface area is 258 Å². The van der Waals surface area contributed by atoms with Gasteiger partial charge in [0.25, 0.3) is 5.91 Å². The van der Waals surface area contributed by atoms with Crippen molar-refractivity contribution in [3.63, 3.8) is 0 Å². The molecule has 1 N–H and O–H groups in total. The summed E-state index contributed by atoms with van der Waals surface area (Å²) < 4.78 is 59.6. The van der Waals surface area contributed by atoms with E-state index in [-0.39, 0.29) is 49.1 Å². The summed E-state index contributed by atoms with van der Waals surface area (Å²) in [5.74, 6) is -1.23. The smallest absolute Gasteiger partial charge is 0.339 e. The standard InChI is InChI=1S/C28H37Cl2N3O7S2/c1-17(2)32(5)41(36,37)21-11-13-25(29)23(15-21)27(34)31-19-7-9-20(10-8-19)40-28(35)24-16-22(12-14-26(24)30)42(38,39)33(6)18(3)4/h11-20H,7-10H2,1-6H3,(H,31,34). The number of ether oxygens (including phenoxy) is 1. The molecule has 0 unspecified atom stereocenters. The average Bonchev–Trinajstić information content (AvgIpc) is 2.93. The fourth-order valence-electron chi connectivity index (χ4n) is 4.35. The molecule has 1 aliphatic carbocycles. The Morgan fingerprint density at radius 2 is 1.21 bits per heavy atom. The number of nitrogens with zero attached hydrogens (tertiary/aromatic N) is 2. The fourth-order valence-corrected chi connectivity index (χ4v) is 7.54. The van der Waals surface area contributed by atoms with E-state index in [0.717, 1.165) is 0 Å². The molecule has 0 spiro atoms. The molecule has 1 fully saturated rings. The topological polar surface area (TPSA) is 130 Å². The van der Waals surface area contributed by atoms with Crippen LogP contribution >= 0.6 is 23.2 Å². The summed E-state index contributed by atoms with van der Waals surface area (Å²) in [7, 11) is -4.70. The minimum Gasteiger partial charge on any atom is -0.459 e. The van der Waals surface area contributed by atoms with Crippen LogP contribution in [0.4, 0.5) is 0 Å². The molecular weight excluding hydrogens is 625 g/mol. The first kappa shape index (κ1) is 34.3. The van der Waals surface area contributed by atoms with Gasteiger partial charge in [0.2, 0.25) is 20.0 Å². The molecule has 10 nitrogen and oxygen atoms in total. The van der Waals surface area contributed by atoms with Crippen molar-refractivity contribution >= 4 is 55.1 Å². The number of amides is 1. The molecule has 2 aromatic rings. The van der Waals surface area contributed by atoms with E-state index < -0.39 is 38.0 Å². The number of hydrogen-bond donors (Lipinski definition) is 1. The predicted octanol–water partition coefficient (Wildman–Crippen LogP) is 4.95. The third-order valence-electron chi connectivity index (χ3n) is 7.43. The zero-order valence-corrected chi connectivity index (χ0v) is 27.6. The van der Waals surface area contributed by atoms with Crippen LogP contribution in [-0.4, -0.2) is 75.6 Å². The lowest BCUT2D eigenvalue weighted by atomic mass is 9.92. The van der Waals surface area contributed by atoms with E-state index in [0.29, 0.717) is 25.7 Å². The number of carbonyl (C=O) groups is 2. The largest absolute Gasteiger partial charge is 0.459 e. The van der Waals surface area contributed by atoms with Gasteiger partial charge < -0.3 is 10.1 Å². The van der Waals surface area contributed by atoms with Crippen LogP contribution in [0.3, 0.4) is 0 Å². The van der Waals surface area contributed by atoms with Gasteiger partial charge in [-0.25, -0.2) is 21.6 Å². The number of rotatable bonds is 10. The van der Waals surface area contributed by atoms with Gasteiger partial charge in [0.05, 0.1) is 31.0 Å². The molecule has 0 saturated heterocycles. The van der Waals surface area contributed by atoms with Crippen LogP contribution in [0.15, 0.2) is 46.2 Å². The zero-order valence-electron chi connectivity index (χ0n) is 24.4. The van der Waals surface area contributed by atoms with Gasteiger partial charge >= 0.3 is 5.97 Å². The van der Waals surface area contributed by atoms with E-state index in [9.17, 15) is 26.4 Å². The second-order valence-electron chi connectivity index (χ2n) is 10.9. The molecule has 14 heteroatoms. The quantitative estimate of drug-likeness (QED) is 0.357. The minimum atomic E-state index is -3.83. The molecule has 0 heterocycles. The number of nitrogens with one attached hydrogen (secondary N) is 1. The zero-order chi connectivity index (χ0) is 31.6. The third-order valence-corrected chi connectivity index (χ3v) is 12.2. The van der Waals surface area contributed by atoms with Crippen LogP contribution in [0.2, 0.25) is 10.0 Å². The van der Waals surface area contributed by atoms with Gasteiger partial charge in [-0.05, 0) is 89.8 Å². The van der Waals surface area contributed by atoms with Gasteiger partial charge in [-0.2, -0.15) is 8.61 Å². The first-order valence-corrected chi connectivity index (χ1v) is 17.2. The Morgan fingerprint density at radius 1 is 0.786 bits per heavy atom. The maximum Gasteiger partial charge on any atom is 0.339 e. The molecule has 3 rings (SSSR count). The van der Waals surface area contributed by atoms with E-state index in [1.807, 2.05) is 0 Å². The van der Waals surface area contributed by atoms with Gasteiger partial charge in [0.15, 0.2) is 0 Å². The predicted molar refractivity (Wildman–Crippen MR) is 162 cm³/mol. The summed E-state index contributed by atoms with van der Waals surface area (Å²) in [4.78, 5) is 25.9. The highest BCUT2D eigenvalue weighted by molar-refractivity contribution is 7.89. The number of carbonyl (C=O) groups excluding carboxylic acids is 2. The Kier molecular flexibility index (Phi) is 11.1. The van der Waals surface area contributed by atoms with Crippen LogP contribution in [0.25, 0.3) is 0 Å². The molecule has 0 aromatic heterocycles. The van der Waals surface area contributed by atoms with Crippen LogP contribution in [-0.2, 0) is 24.8 Å². The van der Waals surface area contributed by atoms with Gasteiger partial charge in [-0.1, -0.05) is 23.2 Å². The summed E-state index contributed by atoms with van der Waals surface area (Å²) in [6.07, 6.45) is 1.44. The molecule has 2 aromatic carbocycles. The van der Waals surface area contributed by atoms with Crippen LogP contribution < -0.4 is 5.32 Å². The average molecular weight is 663 g/mol. The summed E-state index contributed by atoms with van der Waals surface area (Å²) >= 11 is 12.5. The molecule has 0 atom stereocenters. The Bertz CT molecular complexity index is 1420. The van der Waals surface area contributed by atoms with Crippen molar-refractivity contribution in [1.29, 1.82) is 0 Å². The number of sulfonamides is 2. The lowest BCUT2D eigenvalue weighted by Gasteiger charge is -2.29. The molecule has 1 aliphatic rings. The van der Waals surface area contributed by atoms with Crippen molar-refractivity contribution in [1.82, 2.24) is 13.9 Å². The summed E-state index contributed by atoms with van der Waals surface area (Å²) in [6.45, 7) is 6.98. The van der Waals surface area contributed by atoms with E-state index in [4.69, 9.17) is 27.9 Å². The van der Waals surface area contributed by atoms with Crippen molar-refractivity contribution in [2.75, 3.05) is 14.1 Å². The molecule has 0 radical (unpaired) electrons. The first-order chi connectivity index (χ1) is 19.5. The molecule has 232 valence electrons. The van der Waals surface area contributed by atoms with Crippen molar-refractivity contribution in [3.8, 4) is 0 Å². The number of halogens is 2. The minimum absolute atomic E-state index is 0.0322. The van der Waals surface area contributed by atoms with Gasteiger partial charge in [0.1, 0.15) is 6.10 Å². The molecule has 1 saturated carbocycles. The van der Waals surface area contributed by atoms with Crippen molar-refractivity contribution in [2.45, 2.75) is 87.4 Å². The maximum absolute atomic E-state index is 13.0. The lowest BCUT2D eigenvalue weighted by Crippen LogP contribution is -2.39. The maximum atomic E-state index is 13.0. The molecule has 0 aliphatic heterocycles. The fraction of sp³-hybridized carbons (Fsp3) is 0.500. The molecule has 0 bridgehead atoms. The van der Waals surface area contributed by atoms with Gasteiger partial charge in [0, 0.05) is 32.2 Å². The summed E-state index contributed by atoms with van der Waals surface area (Å²) in [5, 5.41) is 3.10. The van der Waals surface area contributed by atoms with E-state index in [1.54, 1.807) is 27.7 Å². The number of esters is 1. The Morgan fingerprint density at radius 3 is 1.67 bits per heavy atom. The Balaban J connectivity index is 1.64. The second kappa shape index (κ2) is 13.6. The normalized spacial score (nSPS) is 18.1. The first-order valence-electron chi connectivity index (χ1n) is 13.5. The van der Waals surface area contributed by atoms with E-state index >= 15 is 0 Å². The monoisotopic (exact) mass is 661 g/mol. The van der Waals surface area contributed by atoms with Crippen LogP contribution in [0.1, 0.15) is 74.1 Å². The van der Waals surface area contributed by atoms with Crippen molar-refractivity contribution in [2.24, 2.45) is 0 Å². The number of benzene rings is 2. The summed E-state index contributed by atoms with van der Waals surface area (Å²) in [6, 6.07) is 7.16. The van der Waals surface area contributed by atoms with Crippen LogP contribution in [0, 0.1) is 0 Å². The summed E-state index contributed by atoms with van der Waals surface area (Å²) in [5.41, 5.74) is 0.00829. The van der Waals surface area contributed by atoms with E-state index in [1.165, 1.54) is 59.1 Å². The van der Waals surface area contributed by atoms with Crippen molar-refractivity contribution < 1.29 is 31.2 Å². The highest BCUT2D eigenvalue weighted by Crippen LogP contribution is 2.28. The van der Waals surface area contributed by atoms with E-state index in [2.05, 4.69) is 5.32 Å². The third kappa shape index (κ3) is 7.64. The molecular formula is C28H37Cl2N3O7S2. The second-order valence-corrected chi connectivity index (χ2v) is 15.7. The Hall–Kier alpha value is -2.22. The van der Waals surface area contributed by atoms with Crippen molar-refractivity contribution in [3.05, 3.63) is 57.6 Å². The molecule has 1 amide bonds. The highest BCUT2D eigenvalue weighted by Gasteiger charge is 2.30. The van der Waals surface area contributed by atoms with Gasteiger partial charge in [-0.15, -0.1) is 0 Å². The number of hydrogen-bond acceptors (Lipinski definition) is 7. The van der Waals surface area contributed by atoms with Crippen LogP contribution in [0.5, 0.6) is 0 Å². The molecule has 42 heavy (non-hydrogen) atoms. The van der Waals surface area contributed by atoms with Gasteiger partial charge in [-0.3, -0.25) is 4.79 Å². The highest BCUT2D eigenvalue weighted by atomic mass is 35.5. The lowest BCUT2D eigenvalue weighted by molar-refractivity contribution is 0.0183.